The third kappa shape index (κ3) is 1.28. The van der Waals surface area contributed by atoms with Crippen molar-refractivity contribution in [3.63, 3.8) is 0 Å². The van der Waals surface area contributed by atoms with Crippen LogP contribution in [0.2, 0.25) is 0 Å². The summed E-state index contributed by atoms with van der Waals surface area (Å²) in [5.41, 5.74) is 0. The average Bonchev–Trinajstić information content (AvgIpc) is 2.05. The van der Waals surface area contributed by atoms with Crippen molar-refractivity contribution < 1.29 is 9.53 Å². The largest absolute Gasteiger partial charge is 0.463 e. The molecule has 0 aliphatic heterocycles. The highest BCUT2D eigenvalue weighted by molar-refractivity contribution is 5.84. The standard InChI is InChI=1S/C6H5N2O2/c1-10-6(9)5-7-3-2-4-8-5/h2-3H,1H3. The van der Waals surface area contributed by atoms with Crippen LogP contribution in [0.4, 0.5) is 0 Å². The molecule has 0 bridgehead atoms. The van der Waals surface area contributed by atoms with E-state index in [0.717, 1.165) is 0 Å². The molecule has 4 nitrogen and oxygen atoms in total. The molecule has 0 spiro atoms. The first-order chi connectivity index (χ1) is 4.84. The molecule has 0 unspecified atom stereocenters. The maximum atomic E-state index is 10.6. The molecule has 51 valence electrons. The second-order valence-electron chi connectivity index (χ2n) is 1.50. The molecule has 4 heteroatoms. The number of rotatable bonds is 1. The maximum Gasteiger partial charge on any atom is 0.376 e. The van der Waals surface area contributed by atoms with Crippen molar-refractivity contribution in [1.82, 2.24) is 9.97 Å². The minimum Gasteiger partial charge on any atom is -0.463 e. The van der Waals surface area contributed by atoms with Crippen LogP contribution in [0.25, 0.3) is 0 Å². The van der Waals surface area contributed by atoms with Gasteiger partial charge in [0.15, 0.2) is 0 Å². The Bertz CT molecular complexity index is 222. The number of methoxy groups -OCH3 is 1. The third-order valence-corrected chi connectivity index (χ3v) is 0.884. The van der Waals surface area contributed by atoms with Crippen LogP contribution >= 0.6 is 0 Å². The monoisotopic (exact) mass is 137 g/mol. The molecule has 1 aromatic heterocycles. The van der Waals surface area contributed by atoms with Gasteiger partial charge in [-0.2, -0.15) is 0 Å². The van der Waals surface area contributed by atoms with Crippen LogP contribution in [0.1, 0.15) is 10.6 Å². The Kier molecular flexibility index (Phi) is 1.94. The van der Waals surface area contributed by atoms with E-state index >= 15 is 0 Å². The van der Waals surface area contributed by atoms with Crippen molar-refractivity contribution in [2.24, 2.45) is 0 Å². The van der Waals surface area contributed by atoms with Gasteiger partial charge in [-0.3, -0.25) is 0 Å². The number of carbonyl (C=O) groups excluding carboxylic acids is 1. The lowest BCUT2D eigenvalue weighted by atomic mass is 10.6. The van der Waals surface area contributed by atoms with Crippen LogP contribution in [0.5, 0.6) is 0 Å². The summed E-state index contributed by atoms with van der Waals surface area (Å²) in [5.74, 6) is -0.512. The molecule has 1 rings (SSSR count). The van der Waals surface area contributed by atoms with E-state index in [4.69, 9.17) is 0 Å². The van der Waals surface area contributed by atoms with Gasteiger partial charge >= 0.3 is 5.97 Å². The zero-order chi connectivity index (χ0) is 7.40. The summed E-state index contributed by atoms with van der Waals surface area (Å²) in [7, 11) is 1.28. The van der Waals surface area contributed by atoms with Crippen molar-refractivity contribution in [3.05, 3.63) is 24.3 Å². The van der Waals surface area contributed by atoms with Crippen molar-refractivity contribution in [2.45, 2.75) is 0 Å². The van der Waals surface area contributed by atoms with Crippen molar-refractivity contribution in [2.75, 3.05) is 7.11 Å². The predicted molar refractivity (Wildman–Crippen MR) is 32.2 cm³/mol. The number of hydrogen-bond acceptors (Lipinski definition) is 4. The van der Waals surface area contributed by atoms with Crippen LogP contribution in [-0.4, -0.2) is 23.0 Å². The lowest BCUT2D eigenvalue weighted by Gasteiger charge is -1.92. The first-order valence-corrected chi connectivity index (χ1v) is 2.62. The van der Waals surface area contributed by atoms with Gasteiger partial charge in [0, 0.05) is 6.20 Å². The van der Waals surface area contributed by atoms with E-state index < -0.39 is 5.97 Å². The number of aromatic nitrogens is 2. The quantitative estimate of drug-likeness (QED) is 0.514. The van der Waals surface area contributed by atoms with E-state index in [-0.39, 0.29) is 5.82 Å². The Labute approximate surface area is 57.9 Å². The van der Waals surface area contributed by atoms with Gasteiger partial charge in [-0.25, -0.2) is 14.8 Å². The van der Waals surface area contributed by atoms with Gasteiger partial charge < -0.3 is 4.74 Å². The van der Waals surface area contributed by atoms with E-state index in [2.05, 4.69) is 20.9 Å². The summed E-state index contributed by atoms with van der Waals surface area (Å²) in [5, 5.41) is 0. The van der Waals surface area contributed by atoms with Crippen molar-refractivity contribution in [1.29, 1.82) is 0 Å². The van der Waals surface area contributed by atoms with E-state index in [1.54, 1.807) is 0 Å². The van der Waals surface area contributed by atoms with Gasteiger partial charge in [0.1, 0.15) is 0 Å². The Morgan fingerprint density at radius 1 is 1.80 bits per heavy atom. The third-order valence-electron chi connectivity index (χ3n) is 0.884. The first kappa shape index (κ1) is 6.67. The van der Waals surface area contributed by atoms with Crippen LogP contribution in [0, 0.1) is 6.20 Å². The fraction of sp³-hybridized carbons (Fsp3) is 0.167. The molecule has 0 aromatic carbocycles. The lowest BCUT2D eigenvalue weighted by Crippen LogP contribution is -2.05. The molecule has 1 radical (unpaired) electrons. The number of nitrogens with zero attached hydrogens (tertiary/aromatic N) is 2. The molecular formula is C6H5N2O2. The fourth-order valence-corrected chi connectivity index (χ4v) is 0.458. The first-order valence-electron chi connectivity index (χ1n) is 2.62. The van der Waals surface area contributed by atoms with E-state index in [0.29, 0.717) is 0 Å². The van der Waals surface area contributed by atoms with Gasteiger partial charge in [0.25, 0.3) is 0 Å². The SMILES string of the molecule is COC(=O)c1n[c]ccn1. The summed E-state index contributed by atoms with van der Waals surface area (Å²) >= 11 is 0. The van der Waals surface area contributed by atoms with E-state index in [1.165, 1.54) is 19.4 Å². The molecule has 0 fully saturated rings. The van der Waals surface area contributed by atoms with Gasteiger partial charge in [-0.1, -0.05) is 0 Å². The summed E-state index contributed by atoms with van der Waals surface area (Å²) in [6.45, 7) is 0. The summed E-state index contributed by atoms with van der Waals surface area (Å²) in [4.78, 5) is 17.8. The summed E-state index contributed by atoms with van der Waals surface area (Å²) in [6, 6.07) is 1.51. The molecule has 0 aliphatic carbocycles. The Morgan fingerprint density at radius 2 is 2.60 bits per heavy atom. The Hall–Kier alpha value is -1.45. The van der Waals surface area contributed by atoms with Gasteiger partial charge in [0.2, 0.25) is 5.82 Å². The van der Waals surface area contributed by atoms with Crippen molar-refractivity contribution >= 4 is 5.97 Å². The maximum absolute atomic E-state index is 10.6. The van der Waals surface area contributed by atoms with Gasteiger partial charge in [0.05, 0.1) is 13.3 Å². The van der Waals surface area contributed by atoms with Crippen LogP contribution in [-0.2, 0) is 4.74 Å². The Morgan fingerprint density at radius 3 is 3.10 bits per heavy atom. The number of carbonyl (C=O) groups is 1. The zero-order valence-electron chi connectivity index (χ0n) is 5.37. The molecule has 0 aliphatic rings. The second kappa shape index (κ2) is 2.91. The molecule has 0 N–H and O–H groups in total. The molecule has 0 saturated heterocycles. The normalized spacial score (nSPS) is 8.90. The minimum absolute atomic E-state index is 0.0324. The smallest absolute Gasteiger partial charge is 0.376 e. The highest BCUT2D eigenvalue weighted by Crippen LogP contribution is 1.88. The topological polar surface area (TPSA) is 52.1 Å². The molecule has 1 aromatic rings. The number of ether oxygens (including phenoxy) is 1. The molecule has 10 heavy (non-hydrogen) atoms. The summed E-state index contributed by atoms with van der Waals surface area (Å²) in [6.07, 6.45) is 3.89. The van der Waals surface area contributed by atoms with Crippen LogP contribution < -0.4 is 0 Å². The highest BCUT2D eigenvalue weighted by atomic mass is 16.5. The molecule has 0 amide bonds. The number of hydrogen-bond donors (Lipinski definition) is 0. The molecular weight excluding hydrogens is 132 g/mol. The summed E-state index contributed by atoms with van der Waals surface area (Å²) < 4.78 is 4.35. The fourth-order valence-electron chi connectivity index (χ4n) is 0.458. The molecule has 1 heterocycles. The van der Waals surface area contributed by atoms with Gasteiger partial charge in [-0.05, 0) is 6.07 Å². The van der Waals surface area contributed by atoms with Gasteiger partial charge in [-0.15, -0.1) is 0 Å². The van der Waals surface area contributed by atoms with Crippen LogP contribution in [0.15, 0.2) is 12.3 Å². The number of esters is 1. The van der Waals surface area contributed by atoms with E-state index in [1.807, 2.05) is 0 Å². The predicted octanol–water partition coefficient (Wildman–Crippen LogP) is 0.0634. The lowest BCUT2D eigenvalue weighted by molar-refractivity contribution is 0.0586. The molecule has 0 saturated carbocycles. The highest BCUT2D eigenvalue weighted by Gasteiger charge is 2.05. The Balaban J connectivity index is 2.85. The van der Waals surface area contributed by atoms with Crippen LogP contribution in [0.3, 0.4) is 0 Å². The zero-order valence-corrected chi connectivity index (χ0v) is 5.37. The minimum atomic E-state index is -0.545. The van der Waals surface area contributed by atoms with E-state index in [9.17, 15) is 4.79 Å². The second-order valence-corrected chi connectivity index (χ2v) is 1.50. The molecule has 0 atom stereocenters. The average molecular weight is 137 g/mol. The van der Waals surface area contributed by atoms with Crippen molar-refractivity contribution in [3.8, 4) is 0 Å².